The molecule has 0 saturated heterocycles. The van der Waals surface area contributed by atoms with Crippen molar-refractivity contribution in [3.8, 4) is 5.75 Å². The standard InChI is InChI=1S/C8H18.C7H8O.C3H8.C2H6/c1-4-6-7-8(3)5-2;1-6-3-2-4-7(8)5-6;1-3-2;1-2/h8H,4-7H2,1-3H3;2-5,8H,1H3;3H2,1-2H3;1-2H3. The summed E-state index contributed by atoms with van der Waals surface area (Å²) in [5.41, 5.74) is 1.09. The van der Waals surface area contributed by atoms with Gasteiger partial charge in [0.15, 0.2) is 0 Å². The summed E-state index contributed by atoms with van der Waals surface area (Å²) in [5.74, 6) is 1.29. The third-order valence-electron chi connectivity index (χ3n) is 2.75. The Morgan fingerprint density at radius 1 is 1.05 bits per heavy atom. The van der Waals surface area contributed by atoms with Crippen molar-refractivity contribution in [1.82, 2.24) is 0 Å². The topological polar surface area (TPSA) is 20.2 Å². The predicted octanol–water partition coefficient (Wildman–Crippen LogP) is 7.37. The molecule has 0 radical (unpaired) electrons. The number of hydrogen-bond acceptors (Lipinski definition) is 1. The number of hydrogen-bond donors (Lipinski definition) is 1. The lowest BCUT2D eigenvalue weighted by atomic mass is 10.0. The van der Waals surface area contributed by atoms with E-state index < -0.39 is 0 Å². The van der Waals surface area contributed by atoms with Crippen LogP contribution < -0.4 is 0 Å². The number of benzene rings is 1. The molecule has 1 atom stereocenters. The van der Waals surface area contributed by atoms with E-state index in [1.807, 2.05) is 32.9 Å². The van der Waals surface area contributed by atoms with Crippen LogP contribution in [0.25, 0.3) is 0 Å². The zero-order valence-electron chi connectivity index (χ0n) is 15.9. The first-order valence-electron chi connectivity index (χ1n) is 8.77. The smallest absolute Gasteiger partial charge is 0.115 e. The molecule has 1 nitrogen and oxygen atoms in total. The second kappa shape index (κ2) is 21.3. The fourth-order valence-corrected chi connectivity index (χ4v) is 1.38. The third-order valence-corrected chi connectivity index (χ3v) is 2.75. The summed E-state index contributed by atoms with van der Waals surface area (Å²) in [7, 11) is 0. The van der Waals surface area contributed by atoms with Gasteiger partial charge in [0.05, 0.1) is 0 Å². The molecule has 1 N–H and O–H groups in total. The minimum absolute atomic E-state index is 0.338. The molecule has 0 aliphatic rings. The summed E-state index contributed by atoms with van der Waals surface area (Å²) in [6.07, 6.45) is 6.78. The quantitative estimate of drug-likeness (QED) is 0.615. The minimum atomic E-state index is 0.338. The van der Waals surface area contributed by atoms with Crippen LogP contribution in [-0.4, -0.2) is 5.11 Å². The molecule has 0 spiro atoms. The first-order chi connectivity index (χ1) is 10.0. The third kappa shape index (κ3) is 24.4. The second-order valence-corrected chi connectivity index (χ2v) is 5.20. The van der Waals surface area contributed by atoms with Crippen molar-refractivity contribution in [3.63, 3.8) is 0 Å². The van der Waals surface area contributed by atoms with Crippen LogP contribution in [-0.2, 0) is 0 Å². The van der Waals surface area contributed by atoms with Gasteiger partial charge >= 0.3 is 0 Å². The van der Waals surface area contributed by atoms with Crippen molar-refractivity contribution in [2.24, 2.45) is 5.92 Å². The summed E-state index contributed by atoms with van der Waals surface area (Å²) in [5, 5.41) is 8.81. The van der Waals surface area contributed by atoms with Crippen LogP contribution in [0.15, 0.2) is 24.3 Å². The van der Waals surface area contributed by atoms with Crippen LogP contribution >= 0.6 is 0 Å². The van der Waals surface area contributed by atoms with E-state index in [2.05, 4.69) is 34.6 Å². The number of aryl methyl sites for hydroxylation is 1. The van der Waals surface area contributed by atoms with Crippen LogP contribution in [0.3, 0.4) is 0 Å². The molecule has 21 heavy (non-hydrogen) atoms. The maximum atomic E-state index is 8.81. The van der Waals surface area contributed by atoms with Crippen LogP contribution in [0.4, 0.5) is 0 Å². The van der Waals surface area contributed by atoms with Gasteiger partial charge in [0.2, 0.25) is 0 Å². The highest BCUT2D eigenvalue weighted by molar-refractivity contribution is 5.25. The van der Waals surface area contributed by atoms with Crippen molar-refractivity contribution < 1.29 is 5.11 Å². The van der Waals surface area contributed by atoms with Gasteiger partial charge in [-0.3, -0.25) is 0 Å². The van der Waals surface area contributed by atoms with E-state index >= 15 is 0 Å². The zero-order chi connectivity index (χ0) is 17.1. The number of rotatable bonds is 4. The van der Waals surface area contributed by atoms with E-state index in [4.69, 9.17) is 5.11 Å². The summed E-state index contributed by atoms with van der Waals surface area (Å²) >= 11 is 0. The van der Waals surface area contributed by atoms with Gasteiger partial charge in [-0.15, -0.1) is 0 Å². The van der Waals surface area contributed by atoms with Crippen LogP contribution in [0.2, 0.25) is 0 Å². The summed E-state index contributed by atoms with van der Waals surface area (Å²) in [6.45, 7) is 17.0. The van der Waals surface area contributed by atoms with E-state index in [9.17, 15) is 0 Å². The maximum Gasteiger partial charge on any atom is 0.115 e. The average molecular weight is 297 g/mol. The molecule has 1 heteroatoms. The fourth-order valence-electron chi connectivity index (χ4n) is 1.38. The highest BCUT2D eigenvalue weighted by Crippen LogP contribution is 2.10. The largest absolute Gasteiger partial charge is 0.508 e. The van der Waals surface area contributed by atoms with Gasteiger partial charge in [-0.05, 0) is 30.5 Å². The molecular weight excluding hydrogens is 256 g/mol. The Bertz CT molecular complexity index is 264. The average Bonchev–Trinajstić information content (AvgIpc) is 2.48. The maximum absolute atomic E-state index is 8.81. The Morgan fingerprint density at radius 3 is 1.86 bits per heavy atom. The van der Waals surface area contributed by atoms with E-state index in [1.165, 1.54) is 32.1 Å². The highest BCUT2D eigenvalue weighted by Gasteiger charge is 1.94. The fraction of sp³-hybridized carbons (Fsp3) is 0.700. The molecular formula is C20H40O. The number of unbranched alkanes of at least 4 members (excludes halogenated alkanes) is 1. The minimum Gasteiger partial charge on any atom is -0.508 e. The van der Waals surface area contributed by atoms with Gasteiger partial charge in [0, 0.05) is 0 Å². The summed E-state index contributed by atoms with van der Waals surface area (Å²) in [6, 6.07) is 7.15. The van der Waals surface area contributed by atoms with Crippen molar-refractivity contribution in [2.75, 3.05) is 0 Å². The van der Waals surface area contributed by atoms with Gasteiger partial charge in [-0.25, -0.2) is 0 Å². The molecule has 126 valence electrons. The van der Waals surface area contributed by atoms with E-state index in [-0.39, 0.29) is 0 Å². The molecule has 0 heterocycles. The SMILES string of the molecule is CC.CCC.CCCCC(C)CC.Cc1cccc(O)c1. The normalized spacial score (nSPS) is 9.90. The van der Waals surface area contributed by atoms with Crippen LogP contribution in [0.1, 0.15) is 86.1 Å². The van der Waals surface area contributed by atoms with Crippen molar-refractivity contribution in [1.29, 1.82) is 0 Å². The molecule has 0 aliphatic carbocycles. The Labute approximate surface area is 134 Å². The molecule has 0 saturated carbocycles. The Hall–Kier alpha value is -0.980. The molecule has 0 amide bonds. The Kier molecular flexibility index (Phi) is 25.4. The van der Waals surface area contributed by atoms with E-state index in [0.29, 0.717) is 5.75 Å². The Balaban J connectivity index is -0.000000237. The predicted molar refractivity (Wildman–Crippen MR) is 99.1 cm³/mol. The molecule has 1 rings (SSSR count). The van der Waals surface area contributed by atoms with Crippen molar-refractivity contribution in [2.45, 2.75) is 87.5 Å². The van der Waals surface area contributed by atoms with Gasteiger partial charge in [0.25, 0.3) is 0 Å². The Morgan fingerprint density at radius 2 is 1.57 bits per heavy atom. The van der Waals surface area contributed by atoms with Gasteiger partial charge in [0.1, 0.15) is 5.75 Å². The molecule has 0 aromatic heterocycles. The zero-order valence-corrected chi connectivity index (χ0v) is 15.9. The molecule has 0 aliphatic heterocycles. The number of phenolic OH excluding ortho intramolecular Hbond substituents is 1. The molecule has 1 aromatic carbocycles. The number of phenols is 1. The second-order valence-electron chi connectivity index (χ2n) is 5.20. The first kappa shape index (κ1) is 25.0. The highest BCUT2D eigenvalue weighted by atomic mass is 16.3. The van der Waals surface area contributed by atoms with Gasteiger partial charge in [-0.2, -0.15) is 0 Å². The van der Waals surface area contributed by atoms with E-state index in [0.717, 1.165) is 11.5 Å². The van der Waals surface area contributed by atoms with Gasteiger partial charge < -0.3 is 5.11 Å². The van der Waals surface area contributed by atoms with Crippen LogP contribution in [0, 0.1) is 12.8 Å². The first-order valence-corrected chi connectivity index (χ1v) is 8.77. The van der Waals surface area contributed by atoms with E-state index in [1.54, 1.807) is 12.1 Å². The lowest BCUT2D eigenvalue weighted by Gasteiger charge is -2.04. The van der Waals surface area contributed by atoms with Crippen LogP contribution in [0.5, 0.6) is 5.75 Å². The van der Waals surface area contributed by atoms with Gasteiger partial charge in [-0.1, -0.05) is 92.7 Å². The molecule has 1 unspecified atom stereocenters. The summed E-state index contributed by atoms with van der Waals surface area (Å²) < 4.78 is 0. The molecule has 1 aromatic rings. The van der Waals surface area contributed by atoms with Crippen molar-refractivity contribution in [3.05, 3.63) is 29.8 Å². The monoisotopic (exact) mass is 296 g/mol. The number of aromatic hydroxyl groups is 1. The lowest BCUT2D eigenvalue weighted by Crippen LogP contribution is -1.89. The summed E-state index contributed by atoms with van der Waals surface area (Å²) in [4.78, 5) is 0. The van der Waals surface area contributed by atoms with Crippen molar-refractivity contribution >= 4 is 0 Å². The molecule has 0 fully saturated rings. The lowest BCUT2D eigenvalue weighted by molar-refractivity contribution is 0.475. The molecule has 0 bridgehead atoms.